The second-order valence-electron chi connectivity index (χ2n) is 5.43. The lowest BCUT2D eigenvalue weighted by Crippen LogP contribution is -2.12. The summed E-state index contributed by atoms with van der Waals surface area (Å²) < 4.78 is 13.3. The van der Waals surface area contributed by atoms with Crippen LogP contribution in [-0.2, 0) is 5.41 Å². The van der Waals surface area contributed by atoms with Crippen LogP contribution in [0.25, 0.3) is 10.8 Å². The van der Waals surface area contributed by atoms with Crippen LogP contribution in [0, 0.1) is 12.7 Å². The molecule has 0 amide bonds. The lowest BCUT2D eigenvalue weighted by atomic mass is 9.83. The van der Waals surface area contributed by atoms with Gasteiger partial charge in [0.2, 0.25) is 0 Å². The summed E-state index contributed by atoms with van der Waals surface area (Å²) in [4.78, 5) is 0. The molecule has 0 unspecified atom stereocenters. The van der Waals surface area contributed by atoms with Gasteiger partial charge in [0.1, 0.15) is 5.82 Å². The van der Waals surface area contributed by atoms with Crippen LogP contribution in [-0.4, -0.2) is 0 Å². The van der Waals surface area contributed by atoms with Crippen molar-refractivity contribution in [1.82, 2.24) is 0 Å². The minimum absolute atomic E-state index is 0.0397. The van der Waals surface area contributed by atoms with E-state index in [-0.39, 0.29) is 11.2 Å². The van der Waals surface area contributed by atoms with E-state index in [0.29, 0.717) is 0 Å². The number of halogens is 1. The molecule has 0 aliphatic heterocycles. The largest absolute Gasteiger partial charge is 0.207 e. The molecule has 16 heavy (non-hydrogen) atoms. The quantitative estimate of drug-likeness (QED) is 0.604. The Kier molecular flexibility index (Phi) is 2.49. The van der Waals surface area contributed by atoms with Gasteiger partial charge < -0.3 is 0 Å². The van der Waals surface area contributed by atoms with Gasteiger partial charge in [-0.05, 0) is 40.8 Å². The molecule has 0 fully saturated rings. The minimum atomic E-state index is -0.165. The SMILES string of the molecule is Cc1cc(C(C)(C)C)c2cc(F)ccc2c1. The van der Waals surface area contributed by atoms with Crippen molar-refractivity contribution in [2.45, 2.75) is 33.1 Å². The Morgan fingerprint density at radius 3 is 2.31 bits per heavy atom. The molecule has 2 aromatic rings. The highest BCUT2D eigenvalue weighted by atomic mass is 19.1. The zero-order valence-corrected chi connectivity index (χ0v) is 10.3. The highest BCUT2D eigenvalue weighted by molar-refractivity contribution is 5.87. The molecule has 0 radical (unpaired) electrons. The van der Waals surface area contributed by atoms with Crippen LogP contribution in [0.3, 0.4) is 0 Å². The van der Waals surface area contributed by atoms with E-state index in [4.69, 9.17) is 0 Å². The van der Waals surface area contributed by atoms with E-state index >= 15 is 0 Å². The third kappa shape index (κ3) is 1.95. The molecule has 2 aromatic carbocycles. The van der Waals surface area contributed by atoms with Crippen molar-refractivity contribution in [3.63, 3.8) is 0 Å². The summed E-state index contributed by atoms with van der Waals surface area (Å²) in [7, 11) is 0. The molecule has 0 spiro atoms. The van der Waals surface area contributed by atoms with E-state index < -0.39 is 0 Å². The maximum Gasteiger partial charge on any atom is 0.123 e. The van der Waals surface area contributed by atoms with Gasteiger partial charge in [-0.15, -0.1) is 0 Å². The van der Waals surface area contributed by atoms with Crippen LogP contribution in [0.4, 0.5) is 4.39 Å². The van der Waals surface area contributed by atoms with E-state index in [1.54, 1.807) is 6.07 Å². The fraction of sp³-hybridized carbons (Fsp3) is 0.333. The van der Waals surface area contributed by atoms with Gasteiger partial charge in [0.15, 0.2) is 0 Å². The molecule has 0 N–H and O–H groups in total. The Bertz CT molecular complexity index is 533. The first-order chi connectivity index (χ1) is 7.38. The summed E-state index contributed by atoms with van der Waals surface area (Å²) in [5, 5.41) is 2.14. The van der Waals surface area contributed by atoms with Gasteiger partial charge in [-0.3, -0.25) is 0 Å². The fourth-order valence-electron chi connectivity index (χ4n) is 2.10. The Labute approximate surface area is 96.1 Å². The molecule has 0 bridgehead atoms. The van der Waals surface area contributed by atoms with Crippen LogP contribution in [0.15, 0.2) is 30.3 Å². The van der Waals surface area contributed by atoms with Gasteiger partial charge in [-0.25, -0.2) is 4.39 Å². The lowest BCUT2D eigenvalue weighted by Gasteiger charge is -2.22. The molecule has 1 heteroatoms. The molecule has 0 saturated heterocycles. The van der Waals surface area contributed by atoms with Crippen LogP contribution >= 0.6 is 0 Å². The molecule has 0 aliphatic rings. The lowest BCUT2D eigenvalue weighted by molar-refractivity contribution is 0.594. The average molecular weight is 216 g/mol. The van der Waals surface area contributed by atoms with Crippen LogP contribution < -0.4 is 0 Å². The summed E-state index contributed by atoms with van der Waals surface area (Å²) >= 11 is 0. The van der Waals surface area contributed by atoms with Crippen molar-refractivity contribution in [1.29, 1.82) is 0 Å². The molecule has 0 heterocycles. The second kappa shape index (κ2) is 3.58. The standard InChI is InChI=1S/C15H17F/c1-10-7-11-5-6-12(16)9-13(11)14(8-10)15(2,3)4/h5-9H,1-4H3. The highest BCUT2D eigenvalue weighted by Gasteiger charge is 2.17. The predicted octanol–water partition coefficient (Wildman–Crippen LogP) is 4.58. The zero-order chi connectivity index (χ0) is 11.9. The molecule has 0 atom stereocenters. The molecule has 0 aromatic heterocycles. The number of fused-ring (bicyclic) bond motifs is 1. The van der Waals surface area contributed by atoms with E-state index in [2.05, 4.69) is 39.8 Å². The van der Waals surface area contributed by atoms with Crippen LogP contribution in [0.1, 0.15) is 31.9 Å². The summed E-state index contributed by atoms with van der Waals surface area (Å²) in [6, 6.07) is 9.27. The number of hydrogen-bond donors (Lipinski definition) is 0. The molecule has 84 valence electrons. The first-order valence-corrected chi connectivity index (χ1v) is 5.58. The summed E-state index contributed by atoms with van der Waals surface area (Å²) in [5.41, 5.74) is 2.48. The van der Waals surface area contributed by atoms with Crippen LogP contribution in [0.2, 0.25) is 0 Å². The van der Waals surface area contributed by atoms with Gasteiger partial charge in [0.05, 0.1) is 0 Å². The fourth-order valence-corrected chi connectivity index (χ4v) is 2.10. The third-order valence-electron chi connectivity index (χ3n) is 2.87. The molecular weight excluding hydrogens is 199 g/mol. The predicted molar refractivity (Wildman–Crippen MR) is 67.3 cm³/mol. The Hall–Kier alpha value is -1.37. The summed E-state index contributed by atoms with van der Waals surface area (Å²) in [6.07, 6.45) is 0. The van der Waals surface area contributed by atoms with Crippen molar-refractivity contribution in [3.05, 3.63) is 47.3 Å². The van der Waals surface area contributed by atoms with Gasteiger partial charge >= 0.3 is 0 Å². The van der Waals surface area contributed by atoms with Crippen molar-refractivity contribution < 1.29 is 4.39 Å². The van der Waals surface area contributed by atoms with Gasteiger partial charge in [0, 0.05) is 0 Å². The second-order valence-corrected chi connectivity index (χ2v) is 5.43. The number of rotatable bonds is 0. The third-order valence-corrected chi connectivity index (χ3v) is 2.87. The molecular formula is C15H17F. The monoisotopic (exact) mass is 216 g/mol. The molecule has 2 rings (SSSR count). The van der Waals surface area contributed by atoms with Gasteiger partial charge in [-0.2, -0.15) is 0 Å². The first kappa shape index (κ1) is 11.1. The Morgan fingerprint density at radius 1 is 1.00 bits per heavy atom. The molecule has 0 saturated carbocycles. The minimum Gasteiger partial charge on any atom is -0.207 e. The maximum atomic E-state index is 13.3. The Morgan fingerprint density at radius 2 is 1.69 bits per heavy atom. The van der Waals surface area contributed by atoms with Crippen LogP contribution in [0.5, 0.6) is 0 Å². The zero-order valence-electron chi connectivity index (χ0n) is 10.3. The topological polar surface area (TPSA) is 0 Å². The summed E-state index contributed by atoms with van der Waals surface area (Å²) in [5.74, 6) is -0.165. The smallest absolute Gasteiger partial charge is 0.123 e. The first-order valence-electron chi connectivity index (χ1n) is 5.58. The van der Waals surface area contributed by atoms with E-state index in [9.17, 15) is 4.39 Å². The molecule has 0 aliphatic carbocycles. The maximum absolute atomic E-state index is 13.3. The van der Waals surface area contributed by atoms with Crippen molar-refractivity contribution in [3.8, 4) is 0 Å². The van der Waals surface area contributed by atoms with E-state index in [0.717, 1.165) is 10.8 Å². The Balaban J connectivity index is 2.85. The normalized spacial score (nSPS) is 12.1. The number of hydrogen-bond acceptors (Lipinski definition) is 0. The molecule has 0 nitrogen and oxygen atoms in total. The van der Waals surface area contributed by atoms with Crippen molar-refractivity contribution >= 4 is 10.8 Å². The van der Waals surface area contributed by atoms with E-state index in [1.165, 1.54) is 17.2 Å². The summed E-state index contributed by atoms with van der Waals surface area (Å²) in [6.45, 7) is 8.56. The van der Waals surface area contributed by atoms with Crippen molar-refractivity contribution in [2.75, 3.05) is 0 Å². The van der Waals surface area contributed by atoms with Crippen molar-refractivity contribution in [2.24, 2.45) is 0 Å². The average Bonchev–Trinajstić information content (AvgIpc) is 2.16. The number of aryl methyl sites for hydroxylation is 1. The van der Waals surface area contributed by atoms with Gasteiger partial charge in [0.25, 0.3) is 0 Å². The van der Waals surface area contributed by atoms with E-state index in [1.807, 2.05) is 6.07 Å². The van der Waals surface area contributed by atoms with Gasteiger partial charge in [-0.1, -0.05) is 44.5 Å². The number of benzene rings is 2. The highest BCUT2D eigenvalue weighted by Crippen LogP contribution is 2.31.